The SMILES string of the molecule is CC(C)(C)OC(=O)N(CCCCCO)CC(=O)Nc1cc(Cl)ccc1Oc1ccccc1OCc1ccccc1. The minimum atomic E-state index is -0.707. The van der Waals surface area contributed by atoms with E-state index in [0.29, 0.717) is 54.0 Å². The molecule has 3 aromatic carbocycles. The van der Waals surface area contributed by atoms with Crippen LogP contribution < -0.4 is 14.8 Å². The summed E-state index contributed by atoms with van der Waals surface area (Å²) in [5, 5.41) is 12.3. The molecule has 9 heteroatoms. The molecule has 0 unspecified atom stereocenters. The number of rotatable bonds is 13. The normalized spacial score (nSPS) is 11.0. The molecule has 2 N–H and O–H groups in total. The number of anilines is 1. The van der Waals surface area contributed by atoms with Crippen LogP contribution in [0, 0.1) is 0 Å². The van der Waals surface area contributed by atoms with Gasteiger partial charge < -0.3 is 24.6 Å². The van der Waals surface area contributed by atoms with Gasteiger partial charge in [0.15, 0.2) is 17.2 Å². The van der Waals surface area contributed by atoms with E-state index in [0.717, 1.165) is 12.0 Å². The van der Waals surface area contributed by atoms with Crippen LogP contribution in [0.1, 0.15) is 45.6 Å². The molecule has 0 fully saturated rings. The van der Waals surface area contributed by atoms with E-state index in [9.17, 15) is 9.59 Å². The first-order valence-electron chi connectivity index (χ1n) is 13.3. The van der Waals surface area contributed by atoms with Crippen LogP contribution in [0.25, 0.3) is 0 Å². The molecule has 3 aromatic rings. The Labute approximate surface area is 240 Å². The maximum Gasteiger partial charge on any atom is 0.410 e. The second kappa shape index (κ2) is 15.1. The van der Waals surface area contributed by atoms with Crippen molar-refractivity contribution in [3.63, 3.8) is 0 Å². The monoisotopic (exact) mass is 568 g/mol. The van der Waals surface area contributed by atoms with Gasteiger partial charge in [-0.15, -0.1) is 0 Å². The van der Waals surface area contributed by atoms with Crippen molar-refractivity contribution in [1.82, 2.24) is 4.90 Å². The summed E-state index contributed by atoms with van der Waals surface area (Å²) in [6.07, 6.45) is 1.38. The van der Waals surface area contributed by atoms with Crippen LogP contribution in [0.5, 0.6) is 17.2 Å². The van der Waals surface area contributed by atoms with Gasteiger partial charge in [-0.05, 0) is 75.9 Å². The summed E-state index contributed by atoms with van der Waals surface area (Å²) in [6.45, 7) is 5.84. The van der Waals surface area contributed by atoms with Gasteiger partial charge in [0.2, 0.25) is 5.91 Å². The van der Waals surface area contributed by atoms with E-state index in [4.69, 9.17) is 30.9 Å². The minimum Gasteiger partial charge on any atom is -0.485 e. The van der Waals surface area contributed by atoms with E-state index in [2.05, 4.69) is 5.32 Å². The molecule has 40 heavy (non-hydrogen) atoms. The fraction of sp³-hybridized carbons (Fsp3) is 0.355. The summed E-state index contributed by atoms with van der Waals surface area (Å²) in [5.41, 5.74) is 0.656. The number of aliphatic hydroxyl groups is 1. The second-order valence-electron chi connectivity index (χ2n) is 10.2. The van der Waals surface area contributed by atoms with E-state index < -0.39 is 17.6 Å². The third kappa shape index (κ3) is 10.4. The number of ether oxygens (including phenoxy) is 3. The minimum absolute atomic E-state index is 0.0743. The summed E-state index contributed by atoms with van der Waals surface area (Å²) >= 11 is 6.24. The van der Waals surface area contributed by atoms with Gasteiger partial charge in [-0.2, -0.15) is 0 Å². The lowest BCUT2D eigenvalue weighted by molar-refractivity contribution is -0.117. The molecule has 0 atom stereocenters. The fourth-order valence-electron chi connectivity index (χ4n) is 3.71. The van der Waals surface area contributed by atoms with Crippen LogP contribution in [-0.4, -0.2) is 47.3 Å². The molecule has 0 saturated heterocycles. The summed E-state index contributed by atoms with van der Waals surface area (Å²) in [5.74, 6) is 0.932. The molecule has 0 aliphatic carbocycles. The number of halogens is 1. The third-order valence-electron chi connectivity index (χ3n) is 5.59. The molecule has 214 valence electrons. The van der Waals surface area contributed by atoms with Crippen LogP contribution in [-0.2, 0) is 16.1 Å². The summed E-state index contributed by atoms with van der Waals surface area (Å²) in [6, 6.07) is 22.0. The first kappa shape index (κ1) is 30.8. The van der Waals surface area contributed by atoms with Crippen molar-refractivity contribution in [3.8, 4) is 17.2 Å². The number of aliphatic hydroxyl groups excluding tert-OH is 1. The van der Waals surface area contributed by atoms with Gasteiger partial charge in [-0.25, -0.2) is 4.79 Å². The van der Waals surface area contributed by atoms with Gasteiger partial charge in [-0.1, -0.05) is 54.1 Å². The zero-order valence-electron chi connectivity index (χ0n) is 23.2. The lowest BCUT2D eigenvalue weighted by Crippen LogP contribution is -2.41. The Morgan fingerprint density at radius 1 is 0.900 bits per heavy atom. The number of carbonyl (C=O) groups excluding carboxylic acids is 2. The Balaban J connectivity index is 1.73. The molecule has 0 radical (unpaired) electrons. The zero-order chi connectivity index (χ0) is 29.0. The summed E-state index contributed by atoms with van der Waals surface area (Å²) < 4.78 is 17.7. The molecule has 3 rings (SSSR count). The predicted molar refractivity (Wildman–Crippen MR) is 156 cm³/mol. The van der Waals surface area contributed by atoms with Crippen LogP contribution in [0.15, 0.2) is 72.8 Å². The number of nitrogens with zero attached hydrogens (tertiary/aromatic N) is 1. The molecule has 0 spiro atoms. The standard InChI is InChI=1S/C31H37ClN2O6/c1-31(2,3)40-30(37)34(18-10-5-11-19-35)21-29(36)33-25-20-24(32)16-17-26(25)39-28-15-9-8-14-27(28)38-22-23-12-6-4-7-13-23/h4,6-9,12-17,20,35H,5,10-11,18-19,21-22H2,1-3H3,(H,33,36). The van der Waals surface area contributed by atoms with Crippen molar-refractivity contribution in [2.75, 3.05) is 25.0 Å². The lowest BCUT2D eigenvalue weighted by atomic mass is 10.2. The van der Waals surface area contributed by atoms with Gasteiger partial charge in [0.05, 0.1) is 5.69 Å². The molecule has 0 saturated carbocycles. The van der Waals surface area contributed by atoms with Crippen molar-refractivity contribution in [2.45, 2.75) is 52.2 Å². The largest absolute Gasteiger partial charge is 0.485 e. The number of benzene rings is 3. The van der Waals surface area contributed by atoms with Gasteiger partial charge in [-0.3, -0.25) is 9.69 Å². The molecular weight excluding hydrogens is 532 g/mol. The number of nitrogens with one attached hydrogen (secondary N) is 1. The first-order valence-corrected chi connectivity index (χ1v) is 13.6. The van der Waals surface area contributed by atoms with Crippen LogP contribution >= 0.6 is 11.6 Å². The van der Waals surface area contributed by atoms with E-state index in [1.54, 1.807) is 45.0 Å². The van der Waals surface area contributed by atoms with Gasteiger partial charge in [0, 0.05) is 18.2 Å². The van der Waals surface area contributed by atoms with Gasteiger partial charge in [0.25, 0.3) is 0 Å². The Morgan fingerprint density at radius 3 is 2.30 bits per heavy atom. The maximum absolute atomic E-state index is 13.1. The molecule has 2 amide bonds. The highest BCUT2D eigenvalue weighted by molar-refractivity contribution is 6.31. The van der Waals surface area contributed by atoms with Crippen LogP contribution in [0.4, 0.5) is 10.5 Å². The Kier molecular flexibility index (Phi) is 11.7. The van der Waals surface area contributed by atoms with E-state index in [1.807, 2.05) is 48.5 Å². The number of hydrogen-bond acceptors (Lipinski definition) is 6. The van der Waals surface area contributed by atoms with Crippen molar-refractivity contribution in [3.05, 3.63) is 83.4 Å². The van der Waals surface area contributed by atoms with E-state index in [1.165, 1.54) is 4.90 Å². The molecule has 0 aliphatic heterocycles. The van der Waals surface area contributed by atoms with E-state index in [-0.39, 0.29) is 13.2 Å². The van der Waals surface area contributed by atoms with Gasteiger partial charge in [0.1, 0.15) is 18.8 Å². The molecule has 0 aliphatic rings. The average molecular weight is 569 g/mol. The molecule has 0 heterocycles. The van der Waals surface area contributed by atoms with Crippen LogP contribution in [0.2, 0.25) is 5.02 Å². The number of amides is 2. The number of unbranched alkanes of at least 4 members (excludes halogenated alkanes) is 2. The topological polar surface area (TPSA) is 97.3 Å². The smallest absolute Gasteiger partial charge is 0.410 e. The predicted octanol–water partition coefficient (Wildman–Crippen LogP) is 7.05. The number of hydrogen-bond donors (Lipinski definition) is 2. The van der Waals surface area contributed by atoms with Gasteiger partial charge >= 0.3 is 6.09 Å². The van der Waals surface area contributed by atoms with E-state index >= 15 is 0 Å². The highest BCUT2D eigenvalue weighted by atomic mass is 35.5. The maximum atomic E-state index is 13.1. The summed E-state index contributed by atoms with van der Waals surface area (Å²) in [7, 11) is 0. The van der Waals surface area contributed by atoms with Crippen molar-refractivity contribution in [2.24, 2.45) is 0 Å². The highest BCUT2D eigenvalue weighted by Gasteiger charge is 2.24. The molecule has 0 bridgehead atoms. The molecule has 0 aromatic heterocycles. The highest BCUT2D eigenvalue weighted by Crippen LogP contribution is 2.36. The van der Waals surface area contributed by atoms with Crippen molar-refractivity contribution >= 4 is 29.3 Å². The summed E-state index contributed by atoms with van der Waals surface area (Å²) in [4.78, 5) is 27.2. The first-order chi connectivity index (χ1) is 19.1. The number of carbonyl (C=O) groups is 2. The Bertz CT molecular complexity index is 1250. The Hall–Kier alpha value is -3.75. The zero-order valence-corrected chi connectivity index (χ0v) is 23.9. The lowest BCUT2D eigenvalue weighted by Gasteiger charge is -2.27. The molecule has 8 nitrogen and oxygen atoms in total. The fourth-order valence-corrected chi connectivity index (χ4v) is 3.88. The number of para-hydroxylation sites is 2. The third-order valence-corrected chi connectivity index (χ3v) is 5.83. The van der Waals surface area contributed by atoms with Crippen LogP contribution in [0.3, 0.4) is 0 Å². The van der Waals surface area contributed by atoms with Crippen molar-refractivity contribution in [1.29, 1.82) is 0 Å². The molecular formula is C31H37ClN2O6. The Morgan fingerprint density at radius 2 is 1.60 bits per heavy atom. The van der Waals surface area contributed by atoms with Crippen molar-refractivity contribution < 1.29 is 28.9 Å². The second-order valence-corrected chi connectivity index (χ2v) is 10.6. The average Bonchev–Trinajstić information content (AvgIpc) is 2.91. The quantitative estimate of drug-likeness (QED) is 0.214.